The number of hydrogen-bond donors (Lipinski definition) is 0. The molecule has 1 saturated carbocycles. The number of carbonyl (C=O) groups excluding carboxylic acids is 1. The third-order valence-electron chi connectivity index (χ3n) is 2.92. The van der Waals surface area contributed by atoms with E-state index >= 15 is 0 Å². The van der Waals surface area contributed by atoms with E-state index in [4.69, 9.17) is 4.74 Å². The molecule has 2 atom stereocenters. The van der Waals surface area contributed by atoms with Gasteiger partial charge in [0.1, 0.15) is 5.78 Å². The van der Waals surface area contributed by atoms with Crippen molar-refractivity contribution in [2.24, 2.45) is 11.8 Å². The van der Waals surface area contributed by atoms with E-state index < -0.39 is 0 Å². The van der Waals surface area contributed by atoms with E-state index in [0.717, 1.165) is 38.9 Å². The lowest BCUT2D eigenvalue weighted by molar-refractivity contribution is -0.125. The molecule has 0 aromatic carbocycles. The van der Waals surface area contributed by atoms with Gasteiger partial charge in [0.15, 0.2) is 0 Å². The van der Waals surface area contributed by atoms with Crippen molar-refractivity contribution in [1.82, 2.24) is 0 Å². The highest BCUT2D eigenvalue weighted by Crippen LogP contribution is 2.33. The molecule has 2 rings (SSSR count). The highest BCUT2D eigenvalue weighted by Gasteiger charge is 2.31. The van der Waals surface area contributed by atoms with E-state index in [2.05, 4.69) is 0 Å². The molecule has 0 bridgehead atoms. The molecule has 0 aromatic heterocycles. The third kappa shape index (κ3) is 1.45. The zero-order chi connectivity index (χ0) is 7.68. The van der Waals surface area contributed by atoms with Crippen LogP contribution in [0.1, 0.15) is 25.7 Å². The second-order valence-corrected chi connectivity index (χ2v) is 3.67. The van der Waals surface area contributed by atoms with Gasteiger partial charge in [0.05, 0.1) is 0 Å². The summed E-state index contributed by atoms with van der Waals surface area (Å²) in [6.07, 6.45) is 3.80. The molecule has 1 aliphatic carbocycles. The van der Waals surface area contributed by atoms with Crippen LogP contribution in [0.4, 0.5) is 0 Å². The Morgan fingerprint density at radius 2 is 2.18 bits per heavy atom. The van der Waals surface area contributed by atoms with Crippen molar-refractivity contribution in [2.45, 2.75) is 25.7 Å². The summed E-state index contributed by atoms with van der Waals surface area (Å²) < 4.78 is 5.36. The minimum absolute atomic E-state index is 0.466. The predicted octanol–water partition coefficient (Wildman–Crippen LogP) is 1.39. The van der Waals surface area contributed by atoms with Crippen LogP contribution in [0.15, 0.2) is 0 Å². The summed E-state index contributed by atoms with van der Waals surface area (Å²) in [4.78, 5) is 11.1. The Bertz CT molecular complexity index is 165. The van der Waals surface area contributed by atoms with E-state index in [1.54, 1.807) is 0 Å². The maximum absolute atomic E-state index is 11.1. The summed E-state index contributed by atoms with van der Waals surface area (Å²) in [7, 11) is 0. The molecule has 62 valence electrons. The van der Waals surface area contributed by atoms with Crippen LogP contribution in [0.5, 0.6) is 0 Å². The summed E-state index contributed by atoms with van der Waals surface area (Å²) in [6, 6.07) is 0. The quantitative estimate of drug-likeness (QED) is 0.527. The molecule has 1 heterocycles. The molecule has 2 heteroatoms. The Kier molecular flexibility index (Phi) is 1.95. The number of Topliss-reactive ketones (excluding diaryl/α,β-unsaturated/α-hetero) is 1. The number of fused-ring (bicyclic) bond motifs is 1. The fraction of sp³-hybridized carbons (Fsp3) is 0.889. The highest BCUT2D eigenvalue weighted by molar-refractivity contribution is 5.79. The average molecular weight is 154 g/mol. The van der Waals surface area contributed by atoms with Gasteiger partial charge in [0.2, 0.25) is 0 Å². The summed E-state index contributed by atoms with van der Waals surface area (Å²) in [5.74, 6) is 1.82. The topological polar surface area (TPSA) is 26.3 Å². The summed E-state index contributed by atoms with van der Waals surface area (Å²) in [5.41, 5.74) is 0. The predicted molar refractivity (Wildman–Crippen MR) is 41.3 cm³/mol. The van der Waals surface area contributed by atoms with Gasteiger partial charge in [0, 0.05) is 26.1 Å². The van der Waals surface area contributed by atoms with Crippen LogP contribution in [0, 0.1) is 11.8 Å². The molecule has 1 saturated heterocycles. The van der Waals surface area contributed by atoms with Gasteiger partial charge in [-0.15, -0.1) is 0 Å². The van der Waals surface area contributed by atoms with Crippen LogP contribution >= 0.6 is 0 Å². The van der Waals surface area contributed by atoms with Crippen molar-refractivity contribution in [3.8, 4) is 0 Å². The Morgan fingerprint density at radius 3 is 3.09 bits per heavy atom. The molecular formula is C9H14O2. The largest absolute Gasteiger partial charge is 0.381 e. The first kappa shape index (κ1) is 7.29. The molecular weight excluding hydrogens is 140 g/mol. The summed E-state index contributed by atoms with van der Waals surface area (Å²) in [5, 5.41) is 0. The smallest absolute Gasteiger partial charge is 0.133 e. The minimum atomic E-state index is 0.466. The Labute approximate surface area is 66.9 Å². The number of carbonyl (C=O) groups is 1. The lowest BCUT2D eigenvalue weighted by atomic mass is 9.76. The summed E-state index contributed by atoms with van der Waals surface area (Å²) >= 11 is 0. The van der Waals surface area contributed by atoms with Crippen molar-refractivity contribution < 1.29 is 9.53 Å². The zero-order valence-corrected chi connectivity index (χ0v) is 6.71. The second kappa shape index (κ2) is 2.94. The molecule has 0 spiro atoms. The van der Waals surface area contributed by atoms with Crippen molar-refractivity contribution >= 4 is 5.78 Å². The lowest BCUT2D eigenvalue weighted by Crippen LogP contribution is -2.33. The Balaban J connectivity index is 1.98. The van der Waals surface area contributed by atoms with E-state index in [1.165, 1.54) is 0 Å². The normalized spacial score (nSPS) is 38.4. The molecule has 0 amide bonds. The minimum Gasteiger partial charge on any atom is -0.381 e. The number of ketones is 1. The van der Waals surface area contributed by atoms with Crippen molar-refractivity contribution in [2.75, 3.05) is 13.2 Å². The standard InChI is InChI=1S/C9H14O2/c10-9-2-1-8-6-11-4-3-7(8)5-9/h7-8H,1-6H2/t7-,8+/m1/s1. The molecule has 2 nitrogen and oxygen atoms in total. The van der Waals surface area contributed by atoms with Crippen LogP contribution in [-0.4, -0.2) is 19.0 Å². The van der Waals surface area contributed by atoms with Crippen LogP contribution in [0.2, 0.25) is 0 Å². The van der Waals surface area contributed by atoms with Gasteiger partial charge in [-0.25, -0.2) is 0 Å². The molecule has 11 heavy (non-hydrogen) atoms. The maximum atomic E-state index is 11.1. The van der Waals surface area contributed by atoms with Crippen molar-refractivity contribution in [1.29, 1.82) is 0 Å². The second-order valence-electron chi connectivity index (χ2n) is 3.67. The number of rotatable bonds is 0. The van der Waals surface area contributed by atoms with Crippen LogP contribution in [0.25, 0.3) is 0 Å². The molecule has 0 radical (unpaired) electrons. The molecule has 1 aliphatic heterocycles. The van der Waals surface area contributed by atoms with Crippen molar-refractivity contribution in [3.63, 3.8) is 0 Å². The van der Waals surface area contributed by atoms with E-state index in [1.807, 2.05) is 0 Å². The van der Waals surface area contributed by atoms with Gasteiger partial charge in [-0.05, 0) is 24.7 Å². The highest BCUT2D eigenvalue weighted by atomic mass is 16.5. The van der Waals surface area contributed by atoms with Crippen LogP contribution in [0.3, 0.4) is 0 Å². The first-order valence-electron chi connectivity index (χ1n) is 4.45. The lowest BCUT2D eigenvalue weighted by Gasteiger charge is -2.34. The molecule has 2 fully saturated rings. The van der Waals surface area contributed by atoms with Gasteiger partial charge < -0.3 is 4.74 Å². The maximum Gasteiger partial charge on any atom is 0.133 e. The average Bonchev–Trinajstić information content (AvgIpc) is 2.04. The Hall–Kier alpha value is -0.370. The summed E-state index contributed by atoms with van der Waals surface area (Å²) in [6.45, 7) is 1.77. The van der Waals surface area contributed by atoms with E-state index in [0.29, 0.717) is 17.6 Å². The van der Waals surface area contributed by atoms with Gasteiger partial charge in [-0.1, -0.05) is 0 Å². The van der Waals surface area contributed by atoms with E-state index in [9.17, 15) is 4.79 Å². The zero-order valence-electron chi connectivity index (χ0n) is 6.71. The third-order valence-corrected chi connectivity index (χ3v) is 2.92. The Morgan fingerprint density at radius 1 is 1.27 bits per heavy atom. The van der Waals surface area contributed by atoms with Gasteiger partial charge in [-0.2, -0.15) is 0 Å². The van der Waals surface area contributed by atoms with Gasteiger partial charge >= 0.3 is 0 Å². The number of hydrogen-bond acceptors (Lipinski definition) is 2. The SMILES string of the molecule is O=C1CC[C@H]2COCC[C@@H]2C1. The molecule has 0 unspecified atom stereocenters. The fourth-order valence-corrected chi connectivity index (χ4v) is 2.17. The van der Waals surface area contributed by atoms with Gasteiger partial charge in [-0.3, -0.25) is 4.79 Å². The van der Waals surface area contributed by atoms with Gasteiger partial charge in [0.25, 0.3) is 0 Å². The monoisotopic (exact) mass is 154 g/mol. The van der Waals surface area contributed by atoms with Crippen LogP contribution < -0.4 is 0 Å². The number of ether oxygens (including phenoxy) is 1. The first-order chi connectivity index (χ1) is 5.36. The van der Waals surface area contributed by atoms with E-state index in [-0.39, 0.29) is 0 Å². The molecule has 0 aromatic rings. The first-order valence-corrected chi connectivity index (χ1v) is 4.45. The van der Waals surface area contributed by atoms with Crippen LogP contribution in [-0.2, 0) is 9.53 Å². The van der Waals surface area contributed by atoms with Crippen molar-refractivity contribution in [3.05, 3.63) is 0 Å². The molecule has 2 aliphatic rings. The molecule has 0 N–H and O–H groups in total. The fourth-order valence-electron chi connectivity index (χ4n) is 2.17.